The Bertz CT molecular complexity index is 560. The molecule has 0 aliphatic heterocycles. The monoisotopic (exact) mass is 256 g/mol. The van der Waals surface area contributed by atoms with Crippen LogP contribution in [0.3, 0.4) is 0 Å². The second-order valence-electron chi connectivity index (χ2n) is 4.77. The van der Waals surface area contributed by atoms with Gasteiger partial charge in [0.25, 0.3) is 0 Å². The number of carbonyl (C=O) groups is 1. The van der Waals surface area contributed by atoms with Crippen LogP contribution in [0.1, 0.15) is 20.3 Å². The van der Waals surface area contributed by atoms with Crippen LogP contribution in [0.5, 0.6) is 0 Å². The highest BCUT2D eigenvalue weighted by Gasteiger charge is 2.06. The summed E-state index contributed by atoms with van der Waals surface area (Å²) in [7, 11) is 0. The number of benzene rings is 2. The van der Waals surface area contributed by atoms with Gasteiger partial charge in [-0.3, -0.25) is 4.79 Å². The summed E-state index contributed by atoms with van der Waals surface area (Å²) in [4.78, 5) is 11.9. The average Bonchev–Trinajstić information content (AvgIpc) is 2.45. The quantitative estimate of drug-likeness (QED) is 0.862. The van der Waals surface area contributed by atoms with E-state index in [0.29, 0.717) is 12.6 Å². The van der Waals surface area contributed by atoms with Crippen LogP contribution in [0.4, 0.5) is 5.69 Å². The van der Waals surface area contributed by atoms with Gasteiger partial charge in [-0.25, -0.2) is 0 Å². The number of nitrogens with one attached hydrogen (secondary N) is 2. The summed E-state index contributed by atoms with van der Waals surface area (Å²) >= 11 is 0. The molecule has 0 saturated carbocycles. The number of rotatable bonds is 5. The maximum Gasteiger partial charge on any atom is 0.238 e. The van der Waals surface area contributed by atoms with Crippen molar-refractivity contribution < 1.29 is 4.79 Å². The minimum Gasteiger partial charge on any atom is -0.324 e. The van der Waals surface area contributed by atoms with Gasteiger partial charge in [-0.15, -0.1) is 0 Å². The first kappa shape index (κ1) is 13.6. The summed E-state index contributed by atoms with van der Waals surface area (Å²) < 4.78 is 0. The van der Waals surface area contributed by atoms with E-state index in [1.165, 1.54) is 0 Å². The lowest BCUT2D eigenvalue weighted by molar-refractivity contribution is -0.115. The van der Waals surface area contributed by atoms with Gasteiger partial charge in [0, 0.05) is 17.1 Å². The molecule has 3 heteroatoms. The Labute approximate surface area is 114 Å². The molecule has 19 heavy (non-hydrogen) atoms. The Morgan fingerprint density at radius 2 is 1.89 bits per heavy atom. The Kier molecular flexibility index (Phi) is 4.53. The summed E-state index contributed by atoms with van der Waals surface area (Å²) in [5.41, 5.74) is 0.869. The zero-order chi connectivity index (χ0) is 13.7. The second-order valence-corrected chi connectivity index (χ2v) is 4.77. The zero-order valence-electron chi connectivity index (χ0n) is 11.4. The van der Waals surface area contributed by atoms with Gasteiger partial charge in [-0.05, 0) is 24.8 Å². The molecule has 0 saturated heterocycles. The molecule has 0 aliphatic carbocycles. The fourth-order valence-corrected chi connectivity index (χ4v) is 1.94. The molecular weight excluding hydrogens is 236 g/mol. The van der Waals surface area contributed by atoms with Crippen molar-refractivity contribution in [1.29, 1.82) is 0 Å². The van der Waals surface area contributed by atoms with Crippen molar-refractivity contribution in [3.63, 3.8) is 0 Å². The molecule has 100 valence electrons. The molecule has 1 amide bonds. The Morgan fingerprint density at radius 3 is 2.68 bits per heavy atom. The summed E-state index contributed by atoms with van der Waals surface area (Å²) in [6, 6.07) is 14.3. The van der Waals surface area contributed by atoms with E-state index in [-0.39, 0.29) is 5.91 Å². The van der Waals surface area contributed by atoms with Crippen LogP contribution in [-0.2, 0) is 4.79 Å². The predicted octanol–water partition coefficient (Wildman–Crippen LogP) is 3.17. The van der Waals surface area contributed by atoms with Gasteiger partial charge < -0.3 is 10.6 Å². The maximum atomic E-state index is 11.9. The SMILES string of the molecule is CCC(C)NCC(=O)Nc1cccc2ccccc12. The number of anilines is 1. The number of carbonyl (C=O) groups excluding carboxylic acids is 1. The summed E-state index contributed by atoms with van der Waals surface area (Å²) in [6.07, 6.45) is 1.02. The van der Waals surface area contributed by atoms with Gasteiger partial charge in [0.1, 0.15) is 0 Å². The van der Waals surface area contributed by atoms with Crippen molar-refractivity contribution in [2.75, 3.05) is 11.9 Å². The minimum atomic E-state index is -0.00310. The normalized spacial score (nSPS) is 12.3. The van der Waals surface area contributed by atoms with E-state index in [2.05, 4.69) is 24.5 Å². The highest BCUT2D eigenvalue weighted by molar-refractivity contribution is 6.02. The molecule has 2 rings (SSSR count). The molecule has 2 aromatic carbocycles. The first-order chi connectivity index (χ1) is 9.20. The zero-order valence-corrected chi connectivity index (χ0v) is 11.4. The summed E-state index contributed by atoms with van der Waals surface area (Å²) in [5.74, 6) is -0.00310. The van der Waals surface area contributed by atoms with Gasteiger partial charge in [0.2, 0.25) is 5.91 Å². The standard InChI is InChI=1S/C16H20N2O/c1-3-12(2)17-11-16(19)18-15-10-6-8-13-7-4-5-9-14(13)15/h4-10,12,17H,3,11H2,1-2H3,(H,18,19). The molecule has 2 aromatic rings. The fraction of sp³-hybridized carbons (Fsp3) is 0.312. The van der Waals surface area contributed by atoms with Crippen molar-refractivity contribution >= 4 is 22.4 Å². The molecule has 0 spiro atoms. The highest BCUT2D eigenvalue weighted by atomic mass is 16.1. The van der Waals surface area contributed by atoms with Crippen molar-refractivity contribution in [3.05, 3.63) is 42.5 Å². The third-order valence-corrected chi connectivity index (χ3v) is 3.29. The molecule has 2 N–H and O–H groups in total. The van der Waals surface area contributed by atoms with Gasteiger partial charge in [0.15, 0.2) is 0 Å². The predicted molar refractivity (Wildman–Crippen MR) is 80.3 cm³/mol. The lowest BCUT2D eigenvalue weighted by atomic mass is 10.1. The molecular formula is C16H20N2O. The molecule has 0 radical (unpaired) electrons. The van der Waals surface area contributed by atoms with Crippen LogP contribution in [0.2, 0.25) is 0 Å². The number of hydrogen-bond acceptors (Lipinski definition) is 2. The number of fused-ring (bicyclic) bond motifs is 1. The topological polar surface area (TPSA) is 41.1 Å². The van der Waals surface area contributed by atoms with E-state index < -0.39 is 0 Å². The van der Waals surface area contributed by atoms with Crippen molar-refractivity contribution in [2.24, 2.45) is 0 Å². The van der Waals surface area contributed by atoms with Gasteiger partial charge >= 0.3 is 0 Å². The molecule has 1 unspecified atom stereocenters. The molecule has 1 atom stereocenters. The van der Waals surface area contributed by atoms with E-state index in [1.807, 2.05) is 42.5 Å². The Hall–Kier alpha value is -1.87. The van der Waals surface area contributed by atoms with E-state index in [4.69, 9.17) is 0 Å². The fourth-order valence-electron chi connectivity index (χ4n) is 1.94. The molecule has 0 aromatic heterocycles. The minimum absolute atomic E-state index is 0.00310. The van der Waals surface area contributed by atoms with Crippen LogP contribution < -0.4 is 10.6 Å². The third kappa shape index (κ3) is 3.55. The van der Waals surface area contributed by atoms with Crippen LogP contribution >= 0.6 is 0 Å². The van der Waals surface area contributed by atoms with E-state index >= 15 is 0 Å². The Balaban J connectivity index is 2.07. The van der Waals surface area contributed by atoms with Crippen molar-refractivity contribution in [2.45, 2.75) is 26.3 Å². The molecule has 0 fully saturated rings. The van der Waals surface area contributed by atoms with Crippen LogP contribution in [0.25, 0.3) is 10.8 Å². The van der Waals surface area contributed by atoms with E-state index in [1.54, 1.807) is 0 Å². The second kappa shape index (κ2) is 6.34. The summed E-state index contributed by atoms with van der Waals surface area (Å²) in [5, 5.41) is 8.36. The smallest absolute Gasteiger partial charge is 0.238 e. The lowest BCUT2D eigenvalue weighted by Gasteiger charge is -2.12. The lowest BCUT2D eigenvalue weighted by Crippen LogP contribution is -2.33. The van der Waals surface area contributed by atoms with Gasteiger partial charge in [0.05, 0.1) is 6.54 Å². The maximum absolute atomic E-state index is 11.9. The largest absolute Gasteiger partial charge is 0.324 e. The average molecular weight is 256 g/mol. The highest BCUT2D eigenvalue weighted by Crippen LogP contribution is 2.22. The number of amides is 1. The molecule has 0 heterocycles. The number of hydrogen-bond donors (Lipinski definition) is 2. The van der Waals surface area contributed by atoms with Crippen molar-refractivity contribution in [3.8, 4) is 0 Å². The first-order valence-electron chi connectivity index (χ1n) is 6.71. The van der Waals surface area contributed by atoms with Gasteiger partial charge in [-0.1, -0.05) is 43.3 Å². The summed E-state index contributed by atoms with van der Waals surface area (Å²) in [6.45, 7) is 4.52. The van der Waals surface area contributed by atoms with E-state index in [0.717, 1.165) is 22.9 Å². The molecule has 0 aliphatic rings. The van der Waals surface area contributed by atoms with Gasteiger partial charge in [-0.2, -0.15) is 0 Å². The van der Waals surface area contributed by atoms with Crippen molar-refractivity contribution in [1.82, 2.24) is 5.32 Å². The van der Waals surface area contributed by atoms with Crippen LogP contribution in [-0.4, -0.2) is 18.5 Å². The van der Waals surface area contributed by atoms with Crippen LogP contribution in [0, 0.1) is 0 Å². The molecule has 0 bridgehead atoms. The first-order valence-corrected chi connectivity index (χ1v) is 6.71. The van der Waals surface area contributed by atoms with E-state index in [9.17, 15) is 4.79 Å². The third-order valence-electron chi connectivity index (χ3n) is 3.29. The Morgan fingerprint density at radius 1 is 1.16 bits per heavy atom. The van der Waals surface area contributed by atoms with Crippen LogP contribution in [0.15, 0.2) is 42.5 Å². The molecule has 3 nitrogen and oxygen atoms in total.